The monoisotopic (exact) mass is 323 g/mol. The molecule has 0 bridgehead atoms. The van der Waals surface area contributed by atoms with Gasteiger partial charge >= 0.3 is 0 Å². The second kappa shape index (κ2) is 8.00. The average Bonchev–Trinajstić information content (AvgIpc) is 3.15. The van der Waals surface area contributed by atoms with Gasteiger partial charge in [0.1, 0.15) is 5.75 Å². The van der Waals surface area contributed by atoms with Crippen LogP contribution in [-0.4, -0.2) is 12.5 Å². The summed E-state index contributed by atoms with van der Waals surface area (Å²) in [6.07, 6.45) is 4.87. The molecule has 3 heteroatoms. The predicted molar refractivity (Wildman–Crippen MR) is 96.2 cm³/mol. The van der Waals surface area contributed by atoms with E-state index in [0.717, 1.165) is 5.75 Å². The molecule has 1 aliphatic rings. The van der Waals surface area contributed by atoms with Crippen LogP contribution in [0.2, 0.25) is 0 Å². The fraction of sp³-hybridized carbons (Fsp3) is 0.381. The molecule has 1 N–H and O–H groups in total. The summed E-state index contributed by atoms with van der Waals surface area (Å²) in [6.45, 7) is 2.54. The van der Waals surface area contributed by atoms with Crippen LogP contribution >= 0.6 is 0 Å². The summed E-state index contributed by atoms with van der Waals surface area (Å²) in [5.41, 5.74) is 1.85. The average molecular weight is 323 g/mol. The topological polar surface area (TPSA) is 38.3 Å². The van der Waals surface area contributed by atoms with E-state index in [0.29, 0.717) is 18.1 Å². The minimum Gasteiger partial charge on any atom is -0.494 e. The number of carbonyl (C=O) groups is 1. The van der Waals surface area contributed by atoms with E-state index in [9.17, 15) is 4.79 Å². The second-order valence-electron chi connectivity index (χ2n) is 6.37. The minimum atomic E-state index is -0.0303. The Morgan fingerprint density at radius 2 is 1.88 bits per heavy atom. The first-order valence-corrected chi connectivity index (χ1v) is 8.86. The zero-order chi connectivity index (χ0) is 16.8. The second-order valence-corrected chi connectivity index (χ2v) is 6.37. The molecule has 2 aromatic rings. The van der Waals surface area contributed by atoms with Gasteiger partial charge in [-0.2, -0.15) is 0 Å². The third-order valence-corrected chi connectivity index (χ3v) is 4.72. The molecule has 0 unspecified atom stereocenters. The molecule has 1 aliphatic carbocycles. The van der Waals surface area contributed by atoms with Crippen LogP contribution in [0.15, 0.2) is 54.6 Å². The number of carbonyl (C=O) groups excluding carboxylic acids is 1. The first-order chi connectivity index (χ1) is 11.8. The maximum atomic E-state index is 12.8. The van der Waals surface area contributed by atoms with Crippen molar-refractivity contribution >= 4 is 5.91 Å². The van der Waals surface area contributed by atoms with Crippen LogP contribution < -0.4 is 10.1 Å². The summed E-state index contributed by atoms with van der Waals surface area (Å²) in [6, 6.07) is 17.8. The van der Waals surface area contributed by atoms with Crippen molar-refractivity contribution in [2.75, 3.05) is 6.61 Å². The van der Waals surface area contributed by atoms with Crippen molar-refractivity contribution in [2.24, 2.45) is 5.92 Å². The molecular formula is C21H25NO2. The van der Waals surface area contributed by atoms with Crippen LogP contribution in [0.4, 0.5) is 0 Å². The normalized spacial score (nSPS) is 15.9. The van der Waals surface area contributed by atoms with Gasteiger partial charge in [0.05, 0.1) is 12.6 Å². The molecule has 0 spiro atoms. The maximum Gasteiger partial charge on any atom is 0.251 e. The van der Waals surface area contributed by atoms with Crippen molar-refractivity contribution in [1.29, 1.82) is 0 Å². The highest BCUT2D eigenvalue weighted by molar-refractivity contribution is 5.94. The molecule has 0 saturated heterocycles. The highest BCUT2D eigenvalue weighted by Gasteiger charge is 2.27. The van der Waals surface area contributed by atoms with Gasteiger partial charge in [0.2, 0.25) is 0 Å². The van der Waals surface area contributed by atoms with Gasteiger partial charge in [-0.25, -0.2) is 0 Å². The smallest absolute Gasteiger partial charge is 0.251 e. The van der Waals surface area contributed by atoms with E-state index in [2.05, 4.69) is 17.4 Å². The van der Waals surface area contributed by atoms with Gasteiger partial charge in [0, 0.05) is 5.56 Å². The molecule has 3 nitrogen and oxygen atoms in total. The van der Waals surface area contributed by atoms with Crippen LogP contribution in [0.3, 0.4) is 0 Å². The molecule has 0 heterocycles. The van der Waals surface area contributed by atoms with Gasteiger partial charge < -0.3 is 10.1 Å². The van der Waals surface area contributed by atoms with Gasteiger partial charge in [-0.05, 0) is 49.4 Å². The zero-order valence-electron chi connectivity index (χ0n) is 14.2. The lowest BCUT2D eigenvalue weighted by atomic mass is 9.91. The van der Waals surface area contributed by atoms with Crippen LogP contribution in [-0.2, 0) is 0 Å². The lowest BCUT2D eigenvalue weighted by Crippen LogP contribution is -2.32. The fourth-order valence-corrected chi connectivity index (χ4v) is 3.54. The van der Waals surface area contributed by atoms with Gasteiger partial charge in [-0.1, -0.05) is 49.2 Å². The Bertz CT molecular complexity index is 663. The van der Waals surface area contributed by atoms with Crippen LogP contribution in [0.5, 0.6) is 5.75 Å². The summed E-state index contributed by atoms with van der Waals surface area (Å²) in [5, 5.41) is 3.27. The van der Waals surface area contributed by atoms with Crippen molar-refractivity contribution in [3.05, 3.63) is 65.7 Å². The first-order valence-electron chi connectivity index (χ1n) is 8.86. The van der Waals surface area contributed by atoms with Gasteiger partial charge in [-0.3, -0.25) is 4.79 Å². The summed E-state index contributed by atoms with van der Waals surface area (Å²) >= 11 is 0. The number of hydrogen-bond acceptors (Lipinski definition) is 2. The zero-order valence-corrected chi connectivity index (χ0v) is 14.2. The highest BCUT2D eigenvalue weighted by atomic mass is 16.5. The number of amides is 1. The molecule has 0 aromatic heterocycles. The summed E-state index contributed by atoms with van der Waals surface area (Å²) in [4.78, 5) is 12.8. The quantitative estimate of drug-likeness (QED) is 0.833. The Morgan fingerprint density at radius 3 is 2.58 bits per heavy atom. The number of nitrogens with one attached hydrogen (secondary N) is 1. The predicted octanol–water partition coefficient (Wildman–Crippen LogP) is 4.75. The van der Waals surface area contributed by atoms with Crippen LogP contribution in [0.25, 0.3) is 0 Å². The number of benzene rings is 2. The molecule has 126 valence electrons. The Hall–Kier alpha value is -2.29. The molecule has 1 atom stereocenters. The number of ether oxygens (including phenoxy) is 1. The van der Waals surface area contributed by atoms with Gasteiger partial charge in [0.25, 0.3) is 5.91 Å². The third kappa shape index (κ3) is 3.97. The molecule has 1 fully saturated rings. The van der Waals surface area contributed by atoms with E-state index >= 15 is 0 Å². The Morgan fingerprint density at radius 1 is 1.12 bits per heavy atom. The lowest BCUT2D eigenvalue weighted by molar-refractivity contribution is 0.0921. The van der Waals surface area contributed by atoms with Gasteiger partial charge in [-0.15, -0.1) is 0 Å². The lowest BCUT2D eigenvalue weighted by Gasteiger charge is -2.25. The van der Waals surface area contributed by atoms with Crippen molar-refractivity contribution in [2.45, 2.75) is 38.6 Å². The molecule has 1 amide bonds. The van der Waals surface area contributed by atoms with Gasteiger partial charge in [0.15, 0.2) is 0 Å². The van der Waals surface area contributed by atoms with E-state index in [1.54, 1.807) is 0 Å². The van der Waals surface area contributed by atoms with E-state index in [-0.39, 0.29) is 11.9 Å². The standard InChI is InChI=1S/C21H25NO2/c1-2-24-19-14-8-13-18(15-19)21(23)22-20(17-11-6-7-12-17)16-9-4-3-5-10-16/h3-5,8-10,13-15,17,20H,2,6-7,11-12H2,1H3,(H,22,23)/t20-/m0/s1. The largest absolute Gasteiger partial charge is 0.494 e. The van der Waals surface area contributed by atoms with Crippen molar-refractivity contribution < 1.29 is 9.53 Å². The maximum absolute atomic E-state index is 12.8. The number of rotatable bonds is 6. The molecule has 3 rings (SSSR count). The van der Waals surface area contributed by atoms with Crippen molar-refractivity contribution in [1.82, 2.24) is 5.32 Å². The Labute approximate surface area is 144 Å². The summed E-state index contributed by atoms with van der Waals surface area (Å²) in [5.74, 6) is 1.23. The SMILES string of the molecule is CCOc1cccc(C(=O)N[C@@H](c2ccccc2)C2CCCC2)c1. The molecule has 2 aromatic carbocycles. The van der Waals surface area contributed by atoms with E-state index in [1.807, 2.05) is 49.4 Å². The van der Waals surface area contributed by atoms with Crippen molar-refractivity contribution in [3.63, 3.8) is 0 Å². The van der Waals surface area contributed by atoms with Crippen molar-refractivity contribution in [3.8, 4) is 5.75 Å². The molecule has 0 aliphatic heterocycles. The fourth-order valence-electron chi connectivity index (χ4n) is 3.54. The number of hydrogen-bond donors (Lipinski definition) is 1. The summed E-state index contributed by atoms with van der Waals surface area (Å²) < 4.78 is 5.51. The summed E-state index contributed by atoms with van der Waals surface area (Å²) in [7, 11) is 0. The first kappa shape index (κ1) is 16.6. The van der Waals surface area contributed by atoms with E-state index < -0.39 is 0 Å². The Kier molecular flexibility index (Phi) is 5.52. The van der Waals surface area contributed by atoms with E-state index in [1.165, 1.54) is 31.2 Å². The van der Waals surface area contributed by atoms with Crippen LogP contribution in [0, 0.1) is 5.92 Å². The molecule has 1 saturated carbocycles. The van der Waals surface area contributed by atoms with E-state index in [4.69, 9.17) is 4.74 Å². The third-order valence-electron chi connectivity index (χ3n) is 4.72. The highest BCUT2D eigenvalue weighted by Crippen LogP contribution is 2.35. The molecule has 24 heavy (non-hydrogen) atoms. The van der Waals surface area contributed by atoms with Crippen LogP contribution in [0.1, 0.15) is 54.6 Å². The minimum absolute atomic E-state index is 0.0303. The Balaban J connectivity index is 1.79. The molecular weight excluding hydrogens is 298 g/mol. The molecule has 0 radical (unpaired) electrons.